The molecule has 1 atom stereocenters. The van der Waals surface area contributed by atoms with Crippen LogP contribution in [0.1, 0.15) is 30.5 Å². The zero-order valence-electron chi connectivity index (χ0n) is 11.1. The van der Waals surface area contributed by atoms with Crippen molar-refractivity contribution in [3.8, 4) is 10.4 Å². The molecule has 0 spiro atoms. The molecule has 0 radical (unpaired) electrons. The standard InChI is InChI=1S/C15H18N2OS/c1-15(8-5-9-18-15)14-17-12(10-16)13(19-14)11-6-3-2-4-7-11/h2-4,6-7H,5,8-10,16H2,1H3. The zero-order chi connectivity index (χ0) is 13.3. The molecule has 0 aliphatic carbocycles. The molecule has 0 amide bonds. The Balaban J connectivity index is 2.04. The number of hydrogen-bond acceptors (Lipinski definition) is 4. The van der Waals surface area contributed by atoms with Gasteiger partial charge in [0.25, 0.3) is 0 Å². The van der Waals surface area contributed by atoms with Gasteiger partial charge in [0, 0.05) is 13.2 Å². The molecule has 1 aromatic carbocycles. The normalized spacial score (nSPS) is 22.8. The van der Waals surface area contributed by atoms with Crippen molar-refractivity contribution < 1.29 is 4.74 Å². The summed E-state index contributed by atoms with van der Waals surface area (Å²) < 4.78 is 5.88. The van der Waals surface area contributed by atoms with Crippen molar-refractivity contribution in [1.82, 2.24) is 4.98 Å². The molecular formula is C15H18N2OS. The zero-order valence-corrected chi connectivity index (χ0v) is 11.9. The van der Waals surface area contributed by atoms with Crippen LogP contribution >= 0.6 is 11.3 Å². The van der Waals surface area contributed by atoms with Crippen molar-refractivity contribution in [1.29, 1.82) is 0 Å². The van der Waals surface area contributed by atoms with Crippen molar-refractivity contribution >= 4 is 11.3 Å². The minimum Gasteiger partial charge on any atom is -0.368 e. The van der Waals surface area contributed by atoms with E-state index in [0.717, 1.165) is 30.2 Å². The summed E-state index contributed by atoms with van der Waals surface area (Å²) in [7, 11) is 0. The minimum atomic E-state index is -0.221. The van der Waals surface area contributed by atoms with E-state index in [1.54, 1.807) is 11.3 Å². The Kier molecular flexibility index (Phi) is 3.39. The predicted octanol–water partition coefficient (Wildman–Crippen LogP) is 3.29. The first-order chi connectivity index (χ1) is 9.23. The highest BCUT2D eigenvalue weighted by molar-refractivity contribution is 7.15. The lowest BCUT2D eigenvalue weighted by molar-refractivity contribution is 0.0165. The lowest BCUT2D eigenvalue weighted by Gasteiger charge is -2.19. The molecule has 2 N–H and O–H groups in total. The van der Waals surface area contributed by atoms with Crippen LogP contribution in [0, 0.1) is 0 Å². The van der Waals surface area contributed by atoms with Crippen molar-refractivity contribution in [2.24, 2.45) is 5.73 Å². The van der Waals surface area contributed by atoms with Gasteiger partial charge >= 0.3 is 0 Å². The summed E-state index contributed by atoms with van der Waals surface area (Å²) in [5, 5.41) is 1.06. The number of nitrogens with zero attached hydrogens (tertiary/aromatic N) is 1. The first kappa shape index (κ1) is 12.8. The van der Waals surface area contributed by atoms with E-state index in [9.17, 15) is 0 Å². The molecule has 1 aromatic heterocycles. The fourth-order valence-electron chi connectivity index (χ4n) is 2.48. The fourth-order valence-corrected chi connectivity index (χ4v) is 3.71. The van der Waals surface area contributed by atoms with E-state index in [2.05, 4.69) is 19.1 Å². The van der Waals surface area contributed by atoms with Gasteiger partial charge in [-0.1, -0.05) is 30.3 Å². The number of nitrogens with two attached hydrogens (primary N) is 1. The smallest absolute Gasteiger partial charge is 0.125 e. The Morgan fingerprint density at radius 1 is 1.37 bits per heavy atom. The third kappa shape index (κ3) is 2.31. The highest BCUT2D eigenvalue weighted by atomic mass is 32.1. The third-order valence-corrected chi connectivity index (χ3v) is 4.99. The molecule has 2 heterocycles. The molecule has 1 saturated heterocycles. The largest absolute Gasteiger partial charge is 0.368 e. The van der Waals surface area contributed by atoms with Gasteiger partial charge in [0.05, 0.1) is 10.6 Å². The van der Waals surface area contributed by atoms with Gasteiger partial charge in [0.15, 0.2) is 0 Å². The Morgan fingerprint density at radius 2 is 2.16 bits per heavy atom. The van der Waals surface area contributed by atoms with Crippen LogP contribution in [0.5, 0.6) is 0 Å². The highest BCUT2D eigenvalue weighted by Crippen LogP contribution is 2.41. The second kappa shape index (κ2) is 5.04. The SMILES string of the molecule is CC1(c2nc(CN)c(-c3ccccc3)s2)CCCO1. The second-order valence-electron chi connectivity index (χ2n) is 5.05. The van der Waals surface area contributed by atoms with E-state index >= 15 is 0 Å². The van der Waals surface area contributed by atoms with Crippen molar-refractivity contribution in [2.75, 3.05) is 6.61 Å². The van der Waals surface area contributed by atoms with Crippen LogP contribution in [-0.2, 0) is 16.9 Å². The van der Waals surface area contributed by atoms with Gasteiger partial charge < -0.3 is 10.5 Å². The van der Waals surface area contributed by atoms with E-state index < -0.39 is 0 Å². The summed E-state index contributed by atoms with van der Waals surface area (Å²) in [6.45, 7) is 3.43. The topological polar surface area (TPSA) is 48.1 Å². The first-order valence-electron chi connectivity index (χ1n) is 6.62. The van der Waals surface area contributed by atoms with Gasteiger partial charge in [-0.3, -0.25) is 0 Å². The molecule has 3 nitrogen and oxygen atoms in total. The molecule has 3 rings (SSSR count). The maximum atomic E-state index is 5.88. The van der Waals surface area contributed by atoms with Crippen LogP contribution in [-0.4, -0.2) is 11.6 Å². The molecule has 1 aliphatic heterocycles. The maximum Gasteiger partial charge on any atom is 0.125 e. The first-order valence-corrected chi connectivity index (χ1v) is 7.44. The van der Waals surface area contributed by atoms with Crippen LogP contribution in [0.25, 0.3) is 10.4 Å². The number of benzene rings is 1. The second-order valence-corrected chi connectivity index (χ2v) is 6.05. The van der Waals surface area contributed by atoms with Gasteiger partial charge in [-0.15, -0.1) is 11.3 Å². The van der Waals surface area contributed by atoms with E-state index in [1.807, 2.05) is 18.2 Å². The molecule has 19 heavy (non-hydrogen) atoms. The van der Waals surface area contributed by atoms with Crippen molar-refractivity contribution in [2.45, 2.75) is 31.9 Å². The van der Waals surface area contributed by atoms with Crippen LogP contribution in [0.4, 0.5) is 0 Å². The lowest BCUT2D eigenvalue weighted by Crippen LogP contribution is -2.19. The van der Waals surface area contributed by atoms with Gasteiger partial charge in [-0.05, 0) is 25.3 Å². The minimum absolute atomic E-state index is 0.221. The molecule has 1 aliphatic rings. The number of hydrogen-bond donors (Lipinski definition) is 1. The average molecular weight is 274 g/mol. The Bertz CT molecular complexity index is 559. The fraction of sp³-hybridized carbons (Fsp3) is 0.400. The van der Waals surface area contributed by atoms with E-state index in [0.29, 0.717) is 6.54 Å². The van der Waals surface area contributed by atoms with Crippen LogP contribution in [0.2, 0.25) is 0 Å². The highest BCUT2D eigenvalue weighted by Gasteiger charge is 2.35. The predicted molar refractivity (Wildman–Crippen MR) is 78.0 cm³/mol. The summed E-state index contributed by atoms with van der Waals surface area (Å²) in [6, 6.07) is 10.3. The molecule has 0 saturated carbocycles. The van der Waals surface area contributed by atoms with E-state index in [4.69, 9.17) is 15.5 Å². The van der Waals surface area contributed by atoms with Gasteiger partial charge in [0.2, 0.25) is 0 Å². The molecule has 4 heteroatoms. The number of ether oxygens (including phenoxy) is 1. The molecular weight excluding hydrogens is 256 g/mol. The summed E-state index contributed by atoms with van der Waals surface area (Å²) in [5.74, 6) is 0. The van der Waals surface area contributed by atoms with Gasteiger partial charge in [-0.25, -0.2) is 4.98 Å². The summed E-state index contributed by atoms with van der Waals surface area (Å²) >= 11 is 1.72. The van der Waals surface area contributed by atoms with E-state index in [-0.39, 0.29) is 5.60 Å². The number of rotatable bonds is 3. The Hall–Kier alpha value is -1.23. The molecule has 100 valence electrons. The van der Waals surface area contributed by atoms with Crippen molar-refractivity contribution in [3.05, 3.63) is 41.0 Å². The summed E-state index contributed by atoms with van der Waals surface area (Å²) in [4.78, 5) is 5.90. The monoisotopic (exact) mass is 274 g/mol. The molecule has 0 bridgehead atoms. The van der Waals surface area contributed by atoms with Gasteiger partial charge in [0.1, 0.15) is 10.6 Å². The Labute approximate surface area is 117 Å². The average Bonchev–Trinajstić information content (AvgIpc) is 3.06. The summed E-state index contributed by atoms with van der Waals surface area (Å²) in [5.41, 5.74) is 7.79. The Morgan fingerprint density at radius 3 is 2.79 bits per heavy atom. The summed E-state index contributed by atoms with van der Waals surface area (Å²) in [6.07, 6.45) is 2.15. The van der Waals surface area contributed by atoms with E-state index in [1.165, 1.54) is 10.4 Å². The van der Waals surface area contributed by atoms with Crippen LogP contribution in [0.15, 0.2) is 30.3 Å². The molecule has 2 aromatic rings. The third-order valence-electron chi connectivity index (χ3n) is 3.60. The molecule has 1 unspecified atom stereocenters. The van der Waals surface area contributed by atoms with Crippen LogP contribution in [0.3, 0.4) is 0 Å². The number of thiazole rings is 1. The van der Waals surface area contributed by atoms with Gasteiger partial charge in [-0.2, -0.15) is 0 Å². The van der Waals surface area contributed by atoms with Crippen LogP contribution < -0.4 is 5.73 Å². The quantitative estimate of drug-likeness (QED) is 0.934. The lowest BCUT2D eigenvalue weighted by atomic mass is 10.0. The molecule has 1 fully saturated rings. The number of aromatic nitrogens is 1. The van der Waals surface area contributed by atoms with Crippen molar-refractivity contribution in [3.63, 3.8) is 0 Å². The maximum absolute atomic E-state index is 5.88.